The van der Waals surface area contributed by atoms with E-state index in [4.69, 9.17) is 10.5 Å². The van der Waals surface area contributed by atoms with E-state index in [1.165, 1.54) is 93.4 Å². The molecule has 0 saturated heterocycles. The highest BCUT2D eigenvalue weighted by atomic mass is 16.5. The van der Waals surface area contributed by atoms with Crippen LogP contribution in [-0.4, -0.2) is 54.7 Å². The molecule has 2 aromatic carbocycles. The third kappa shape index (κ3) is 20.5. The van der Waals surface area contributed by atoms with Gasteiger partial charge in [-0.25, -0.2) is 0 Å². The number of unbranched alkanes of at least 4 members (excludes halogenated alkanes) is 13. The van der Waals surface area contributed by atoms with Gasteiger partial charge < -0.3 is 20.7 Å². The molecule has 2 aromatic rings. The minimum Gasteiger partial charge on any atom is -0.494 e. The van der Waals surface area contributed by atoms with E-state index in [2.05, 4.69) is 80.4 Å². The maximum Gasteiger partial charge on any atom is 0.223 e. The second kappa shape index (κ2) is 28.7. The normalized spacial score (nSPS) is 13.3. The monoisotopic (exact) mass is 784 g/mol. The lowest BCUT2D eigenvalue weighted by atomic mass is 9.99. The van der Waals surface area contributed by atoms with Crippen LogP contribution in [-0.2, 0) is 14.4 Å². The number of benzene rings is 2. The Morgan fingerprint density at radius 3 is 1.88 bits per heavy atom. The standard InChI is InChI=1S/C50H77N3O4/c1-5-22-40(3)42-26-28-43(29-27-42)44-32-34-47(35-33-44)57-37-21-17-15-13-11-9-7-8-10-12-14-16-18-25-50(56)53(39-49(55)45-30-31-45)38-46(23-6-2)52-36-20-19-24-48(51)41(4)54/h23,26-29,32-35,45,48,52H,3,5-22,24-25,30-31,36-39,51H2,1-2,4H3/b46-23+. The van der Waals surface area contributed by atoms with E-state index in [0.717, 1.165) is 88.8 Å². The Morgan fingerprint density at radius 2 is 1.33 bits per heavy atom. The van der Waals surface area contributed by atoms with Gasteiger partial charge in [-0.1, -0.05) is 140 Å². The zero-order valence-electron chi connectivity index (χ0n) is 36.1. The molecule has 1 saturated carbocycles. The SMILES string of the molecule is C=C(CCC)c1ccc(-c2ccc(OCCCCCCCCCCCCCCCC(=O)N(CC(=O)C3CC3)C/C(=C\CC)NCCCCC(N)C(C)=O)cc2)cc1. The Kier molecular flexibility index (Phi) is 24.0. The van der Waals surface area contributed by atoms with Gasteiger partial charge >= 0.3 is 0 Å². The number of amides is 1. The van der Waals surface area contributed by atoms with Gasteiger partial charge in [0.05, 0.1) is 25.7 Å². The smallest absolute Gasteiger partial charge is 0.223 e. The fourth-order valence-electron chi connectivity index (χ4n) is 7.30. The van der Waals surface area contributed by atoms with Crippen molar-refractivity contribution in [3.8, 4) is 16.9 Å². The van der Waals surface area contributed by atoms with Gasteiger partial charge in [-0.05, 0) is 99.1 Å². The van der Waals surface area contributed by atoms with Crippen LogP contribution in [0.4, 0.5) is 0 Å². The van der Waals surface area contributed by atoms with E-state index in [1.54, 1.807) is 4.90 Å². The second-order valence-electron chi connectivity index (χ2n) is 16.4. The molecular formula is C50H77N3O4. The number of ether oxygens (including phenoxy) is 1. The summed E-state index contributed by atoms with van der Waals surface area (Å²) >= 11 is 0. The van der Waals surface area contributed by atoms with Crippen molar-refractivity contribution >= 4 is 23.0 Å². The fraction of sp³-hybridized carbons (Fsp3) is 0.620. The molecule has 1 amide bonds. The molecule has 3 N–H and O–H groups in total. The maximum atomic E-state index is 13.3. The molecule has 1 aliphatic carbocycles. The molecule has 0 bridgehead atoms. The lowest BCUT2D eigenvalue weighted by Gasteiger charge is -2.24. The zero-order chi connectivity index (χ0) is 41.1. The highest BCUT2D eigenvalue weighted by Crippen LogP contribution is 2.30. The third-order valence-corrected chi connectivity index (χ3v) is 11.2. The number of allylic oxidation sites excluding steroid dienone is 2. The van der Waals surface area contributed by atoms with Crippen molar-refractivity contribution in [2.45, 2.75) is 168 Å². The number of hydrogen-bond acceptors (Lipinski definition) is 6. The minimum absolute atomic E-state index is 0.0293. The highest BCUT2D eigenvalue weighted by molar-refractivity contribution is 5.89. The van der Waals surface area contributed by atoms with Crippen molar-refractivity contribution in [3.63, 3.8) is 0 Å². The summed E-state index contributed by atoms with van der Waals surface area (Å²) in [5.41, 5.74) is 11.7. The molecule has 0 radical (unpaired) electrons. The van der Waals surface area contributed by atoms with Crippen molar-refractivity contribution in [1.29, 1.82) is 0 Å². The van der Waals surface area contributed by atoms with Crippen LogP contribution in [0.5, 0.6) is 5.75 Å². The topological polar surface area (TPSA) is 102 Å². The number of hydrogen-bond donors (Lipinski definition) is 2. The molecule has 57 heavy (non-hydrogen) atoms. The van der Waals surface area contributed by atoms with Crippen molar-refractivity contribution in [1.82, 2.24) is 10.2 Å². The average Bonchev–Trinajstić information content (AvgIpc) is 4.07. The van der Waals surface area contributed by atoms with Gasteiger partial charge in [0.15, 0.2) is 5.78 Å². The number of Topliss-reactive ketones (excluding diaryl/α,β-unsaturated/α-hetero) is 2. The number of ketones is 2. The molecule has 7 heteroatoms. The van der Waals surface area contributed by atoms with Gasteiger partial charge in [0, 0.05) is 24.6 Å². The van der Waals surface area contributed by atoms with Gasteiger partial charge in [0.25, 0.3) is 0 Å². The summed E-state index contributed by atoms with van der Waals surface area (Å²) < 4.78 is 6.02. The average molecular weight is 784 g/mol. The van der Waals surface area contributed by atoms with Crippen LogP contribution in [0.2, 0.25) is 0 Å². The minimum atomic E-state index is -0.385. The molecule has 1 fully saturated rings. The van der Waals surface area contributed by atoms with Gasteiger partial charge in [-0.2, -0.15) is 0 Å². The summed E-state index contributed by atoms with van der Waals surface area (Å²) in [4.78, 5) is 39.2. The number of rotatable bonds is 34. The van der Waals surface area contributed by atoms with Gasteiger partial charge in [-0.3, -0.25) is 14.4 Å². The number of nitrogens with two attached hydrogens (primary N) is 1. The second-order valence-corrected chi connectivity index (χ2v) is 16.4. The predicted molar refractivity (Wildman–Crippen MR) is 239 cm³/mol. The maximum absolute atomic E-state index is 13.3. The Hall–Kier alpha value is -3.71. The van der Waals surface area contributed by atoms with Crippen LogP contribution < -0.4 is 15.8 Å². The first-order valence-electron chi connectivity index (χ1n) is 22.7. The summed E-state index contributed by atoms with van der Waals surface area (Å²) in [5, 5.41) is 3.49. The van der Waals surface area contributed by atoms with Crippen molar-refractivity contribution < 1.29 is 19.1 Å². The van der Waals surface area contributed by atoms with E-state index in [9.17, 15) is 14.4 Å². The van der Waals surface area contributed by atoms with Gasteiger partial charge in [0.1, 0.15) is 11.5 Å². The molecular weight excluding hydrogens is 707 g/mol. The summed E-state index contributed by atoms with van der Waals surface area (Å²) in [6.07, 6.45) is 25.8. The van der Waals surface area contributed by atoms with Crippen molar-refractivity contribution in [2.24, 2.45) is 11.7 Å². The highest BCUT2D eigenvalue weighted by Gasteiger charge is 2.31. The van der Waals surface area contributed by atoms with E-state index < -0.39 is 0 Å². The van der Waals surface area contributed by atoms with Gasteiger partial charge in [0.2, 0.25) is 5.91 Å². The molecule has 3 rings (SSSR count). The first-order chi connectivity index (χ1) is 27.7. The van der Waals surface area contributed by atoms with E-state index in [-0.39, 0.29) is 36.0 Å². The predicted octanol–water partition coefficient (Wildman–Crippen LogP) is 11.8. The zero-order valence-corrected chi connectivity index (χ0v) is 36.1. The summed E-state index contributed by atoms with van der Waals surface area (Å²) in [7, 11) is 0. The molecule has 316 valence electrons. The van der Waals surface area contributed by atoms with Crippen LogP contribution in [0, 0.1) is 5.92 Å². The summed E-state index contributed by atoms with van der Waals surface area (Å²) in [6.45, 7) is 12.2. The number of nitrogens with one attached hydrogen (secondary N) is 1. The van der Waals surface area contributed by atoms with E-state index in [1.807, 2.05) is 0 Å². The summed E-state index contributed by atoms with van der Waals surface area (Å²) in [6, 6.07) is 16.8. The van der Waals surface area contributed by atoms with Gasteiger partial charge in [-0.15, -0.1) is 0 Å². The number of nitrogens with zero attached hydrogens (tertiary/aromatic N) is 1. The number of carbonyl (C=O) groups excluding carboxylic acids is 3. The molecule has 0 aliphatic heterocycles. The molecule has 1 unspecified atom stereocenters. The molecule has 0 aromatic heterocycles. The molecule has 1 atom stereocenters. The molecule has 0 heterocycles. The lowest BCUT2D eigenvalue weighted by molar-refractivity contribution is -0.135. The Bertz CT molecular complexity index is 1480. The van der Waals surface area contributed by atoms with Crippen LogP contribution in [0.3, 0.4) is 0 Å². The van der Waals surface area contributed by atoms with Crippen molar-refractivity contribution in [2.75, 3.05) is 26.2 Å². The van der Waals surface area contributed by atoms with Crippen molar-refractivity contribution in [3.05, 3.63) is 72.4 Å². The Balaban J connectivity index is 1.17. The van der Waals surface area contributed by atoms with Crippen LogP contribution in [0.25, 0.3) is 16.7 Å². The van der Waals surface area contributed by atoms with Crippen LogP contribution in [0.15, 0.2) is 66.9 Å². The number of carbonyl (C=O) groups is 3. The largest absolute Gasteiger partial charge is 0.494 e. The fourth-order valence-corrected chi connectivity index (χ4v) is 7.30. The lowest BCUT2D eigenvalue weighted by Crippen LogP contribution is -2.39. The Labute approximate surface area is 346 Å². The first-order valence-corrected chi connectivity index (χ1v) is 22.7. The third-order valence-electron chi connectivity index (χ3n) is 11.2. The quantitative estimate of drug-likeness (QED) is 0.0685. The Morgan fingerprint density at radius 1 is 0.772 bits per heavy atom. The van der Waals surface area contributed by atoms with E-state index >= 15 is 0 Å². The molecule has 7 nitrogen and oxygen atoms in total. The summed E-state index contributed by atoms with van der Waals surface area (Å²) in [5.74, 6) is 1.41. The molecule has 1 aliphatic rings. The van der Waals surface area contributed by atoms with E-state index in [0.29, 0.717) is 19.4 Å². The molecule has 0 spiro atoms. The van der Waals surface area contributed by atoms with Crippen LogP contribution >= 0.6 is 0 Å². The van der Waals surface area contributed by atoms with Crippen LogP contribution in [0.1, 0.15) is 168 Å². The first kappa shape index (κ1) is 47.7.